The molecular weight excluding hydrogens is 408 g/mol. The number of aliphatic hydroxyl groups excluding tert-OH is 1. The van der Waals surface area contributed by atoms with E-state index in [2.05, 4.69) is 13.0 Å². The monoisotopic (exact) mass is 446 g/mol. The van der Waals surface area contributed by atoms with Crippen LogP contribution in [-0.2, 0) is 4.79 Å². The van der Waals surface area contributed by atoms with Gasteiger partial charge in [0.25, 0.3) is 0 Å². The summed E-state index contributed by atoms with van der Waals surface area (Å²) in [6, 6.07) is 6.70. The molecule has 5 N–H and O–H groups in total. The fourth-order valence-electron chi connectivity index (χ4n) is 3.18. The Balaban J connectivity index is 2.59. The number of amides is 2. The quantitative estimate of drug-likeness (QED) is 0.230. The van der Waals surface area contributed by atoms with Crippen LogP contribution in [0.1, 0.15) is 86.7 Å². The molecule has 0 bridgehead atoms. The fourth-order valence-corrected chi connectivity index (χ4v) is 4.31. The second kappa shape index (κ2) is 16.6. The van der Waals surface area contributed by atoms with Crippen molar-refractivity contribution in [2.75, 3.05) is 5.75 Å². The Bertz CT molecular complexity index is 718. The molecule has 5 nitrogen and oxygen atoms in total. The van der Waals surface area contributed by atoms with Gasteiger partial charge in [0.1, 0.15) is 0 Å². The van der Waals surface area contributed by atoms with E-state index >= 15 is 0 Å². The van der Waals surface area contributed by atoms with Crippen LogP contribution < -0.4 is 11.5 Å². The van der Waals surface area contributed by atoms with Crippen LogP contribution in [0.15, 0.2) is 48.6 Å². The van der Waals surface area contributed by atoms with Crippen LogP contribution in [0.3, 0.4) is 0 Å². The van der Waals surface area contributed by atoms with Gasteiger partial charge < -0.3 is 16.6 Å². The molecule has 0 aliphatic rings. The number of aliphatic hydroxyl groups is 1. The van der Waals surface area contributed by atoms with Crippen molar-refractivity contribution in [1.29, 1.82) is 0 Å². The standard InChI is InChI=1S/C25H38N2O3S/c1-2-3-4-5-6-7-8-9-10-11-12-16-22(31-18-17-23(26)28)24(29)20-14-13-15-21(19-20)25(27)30/h10-16,19,22,24,29H,2-9,17-18H2,1H3,(H2,26,28)(H2,27,30)/t22-,24+/m1/s1. The minimum absolute atomic E-state index is 0.247. The van der Waals surface area contributed by atoms with E-state index in [1.54, 1.807) is 24.3 Å². The number of rotatable bonds is 17. The van der Waals surface area contributed by atoms with Gasteiger partial charge in [-0.15, -0.1) is 0 Å². The van der Waals surface area contributed by atoms with Gasteiger partial charge in [-0.05, 0) is 30.5 Å². The van der Waals surface area contributed by atoms with Gasteiger partial charge in [0.05, 0.1) is 11.4 Å². The van der Waals surface area contributed by atoms with E-state index in [9.17, 15) is 14.7 Å². The first-order valence-electron chi connectivity index (χ1n) is 11.3. The summed E-state index contributed by atoms with van der Waals surface area (Å²) in [4.78, 5) is 22.5. The van der Waals surface area contributed by atoms with E-state index in [0.717, 1.165) is 6.42 Å². The summed E-state index contributed by atoms with van der Waals surface area (Å²) in [6.07, 6.45) is 17.5. The van der Waals surface area contributed by atoms with Gasteiger partial charge in [0.15, 0.2) is 0 Å². The average molecular weight is 447 g/mol. The number of hydrogen-bond donors (Lipinski definition) is 3. The van der Waals surface area contributed by atoms with E-state index in [-0.39, 0.29) is 17.6 Å². The molecule has 2 amide bonds. The molecule has 0 spiro atoms. The predicted molar refractivity (Wildman–Crippen MR) is 131 cm³/mol. The number of thioether (sulfide) groups is 1. The second-order valence-corrected chi connectivity index (χ2v) is 9.00. The molecule has 0 aromatic heterocycles. The van der Waals surface area contributed by atoms with E-state index in [0.29, 0.717) is 16.9 Å². The lowest BCUT2D eigenvalue weighted by Crippen LogP contribution is -2.17. The molecule has 6 heteroatoms. The maximum atomic E-state index is 11.4. The predicted octanol–water partition coefficient (Wildman–Crippen LogP) is 5.05. The molecule has 0 fully saturated rings. The first kappa shape index (κ1) is 27.0. The third-order valence-corrected chi connectivity index (χ3v) is 6.24. The minimum atomic E-state index is -0.829. The van der Waals surface area contributed by atoms with Crippen LogP contribution in [0.2, 0.25) is 0 Å². The molecule has 0 aliphatic carbocycles. The highest BCUT2D eigenvalue weighted by Gasteiger charge is 2.20. The van der Waals surface area contributed by atoms with Gasteiger partial charge in [0.2, 0.25) is 11.8 Å². The fraction of sp³-hybridized carbons (Fsp3) is 0.520. The Labute approximate surface area is 191 Å². The Morgan fingerprint density at radius 3 is 2.45 bits per heavy atom. The van der Waals surface area contributed by atoms with Crippen molar-refractivity contribution in [3.63, 3.8) is 0 Å². The van der Waals surface area contributed by atoms with Gasteiger partial charge in [-0.1, -0.05) is 81.9 Å². The van der Waals surface area contributed by atoms with Crippen molar-refractivity contribution < 1.29 is 14.7 Å². The highest BCUT2D eigenvalue weighted by atomic mass is 32.2. The van der Waals surface area contributed by atoms with Crippen molar-refractivity contribution in [3.8, 4) is 0 Å². The van der Waals surface area contributed by atoms with Gasteiger partial charge in [-0.2, -0.15) is 11.8 Å². The molecule has 1 aromatic rings. The second-order valence-electron chi connectivity index (χ2n) is 7.71. The minimum Gasteiger partial charge on any atom is -0.387 e. The zero-order valence-corrected chi connectivity index (χ0v) is 19.5. The summed E-state index contributed by atoms with van der Waals surface area (Å²) in [5.74, 6) is -0.385. The molecule has 0 unspecified atom stereocenters. The van der Waals surface area contributed by atoms with Crippen LogP contribution in [0, 0.1) is 0 Å². The maximum absolute atomic E-state index is 11.4. The topological polar surface area (TPSA) is 106 Å². The summed E-state index contributed by atoms with van der Waals surface area (Å²) >= 11 is 1.46. The number of unbranched alkanes of at least 4 members (excludes halogenated alkanes) is 7. The van der Waals surface area contributed by atoms with Crippen molar-refractivity contribution in [2.45, 2.75) is 76.1 Å². The zero-order valence-electron chi connectivity index (χ0n) is 18.7. The summed E-state index contributed by atoms with van der Waals surface area (Å²) in [5.41, 5.74) is 11.6. The summed E-state index contributed by atoms with van der Waals surface area (Å²) in [6.45, 7) is 2.23. The molecule has 172 valence electrons. The number of carbonyl (C=O) groups excluding carboxylic acids is 2. The molecule has 2 atom stereocenters. The Morgan fingerprint density at radius 2 is 1.77 bits per heavy atom. The van der Waals surface area contributed by atoms with Crippen molar-refractivity contribution >= 4 is 23.6 Å². The smallest absolute Gasteiger partial charge is 0.248 e. The molecule has 0 radical (unpaired) electrons. The van der Waals surface area contributed by atoms with Gasteiger partial charge >= 0.3 is 0 Å². The van der Waals surface area contributed by atoms with E-state index in [1.165, 1.54) is 56.7 Å². The van der Waals surface area contributed by atoms with Crippen molar-refractivity contribution in [2.24, 2.45) is 11.5 Å². The molecular formula is C25H38N2O3S. The lowest BCUT2D eigenvalue weighted by Gasteiger charge is -2.20. The molecule has 0 saturated carbocycles. The summed E-state index contributed by atoms with van der Waals surface area (Å²) in [5, 5.41) is 10.6. The van der Waals surface area contributed by atoms with E-state index in [4.69, 9.17) is 11.5 Å². The number of hydrogen-bond acceptors (Lipinski definition) is 4. The molecule has 0 heterocycles. The molecule has 0 aliphatic heterocycles. The van der Waals surface area contributed by atoms with Crippen molar-refractivity contribution in [3.05, 3.63) is 59.7 Å². The van der Waals surface area contributed by atoms with Crippen LogP contribution in [-0.4, -0.2) is 27.9 Å². The highest BCUT2D eigenvalue weighted by molar-refractivity contribution is 8.00. The highest BCUT2D eigenvalue weighted by Crippen LogP contribution is 2.29. The largest absolute Gasteiger partial charge is 0.387 e. The van der Waals surface area contributed by atoms with Crippen LogP contribution in [0.5, 0.6) is 0 Å². The number of benzene rings is 1. The van der Waals surface area contributed by atoms with Crippen LogP contribution in [0.25, 0.3) is 0 Å². The first-order valence-corrected chi connectivity index (χ1v) is 12.3. The lowest BCUT2D eigenvalue weighted by molar-refractivity contribution is -0.117. The molecule has 0 saturated heterocycles. The summed E-state index contributed by atoms with van der Waals surface area (Å²) < 4.78 is 0. The van der Waals surface area contributed by atoms with Gasteiger partial charge in [-0.3, -0.25) is 9.59 Å². The summed E-state index contributed by atoms with van der Waals surface area (Å²) in [7, 11) is 0. The molecule has 1 rings (SSSR count). The van der Waals surface area contributed by atoms with E-state index in [1.807, 2.05) is 18.2 Å². The Kier molecular flexibility index (Phi) is 14.5. The van der Waals surface area contributed by atoms with E-state index < -0.39 is 12.0 Å². The number of carbonyl (C=O) groups is 2. The van der Waals surface area contributed by atoms with Crippen molar-refractivity contribution in [1.82, 2.24) is 0 Å². The number of nitrogens with two attached hydrogens (primary N) is 2. The molecule has 31 heavy (non-hydrogen) atoms. The third kappa shape index (κ3) is 12.4. The SMILES string of the molecule is CCCCCCCCCC=CC=C[C@@H](SCCC(N)=O)[C@@H](O)c1cccc(C(N)=O)c1. The lowest BCUT2D eigenvalue weighted by atomic mass is 10.0. The van der Waals surface area contributed by atoms with Crippen LogP contribution in [0.4, 0.5) is 0 Å². The molecule has 1 aromatic carbocycles. The van der Waals surface area contributed by atoms with Crippen LogP contribution >= 0.6 is 11.8 Å². The van der Waals surface area contributed by atoms with Gasteiger partial charge in [-0.25, -0.2) is 0 Å². The maximum Gasteiger partial charge on any atom is 0.248 e. The van der Waals surface area contributed by atoms with Gasteiger partial charge in [0, 0.05) is 17.7 Å². The number of primary amides is 2. The number of allylic oxidation sites excluding steroid dienone is 3. The normalized spacial score (nSPS) is 13.6. The Hall–Kier alpha value is -2.05. The first-order chi connectivity index (χ1) is 15.0. The average Bonchev–Trinajstić information content (AvgIpc) is 2.75. The third-order valence-electron chi connectivity index (χ3n) is 5.00. The Morgan fingerprint density at radius 1 is 1.06 bits per heavy atom. The zero-order chi connectivity index (χ0) is 22.9.